The minimum absolute atomic E-state index is 0.0100. The predicted octanol–water partition coefficient (Wildman–Crippen LogP) is 2.34. The molecule has 0 aromatic heterocycles. The third-order valence-corrected chi connectivity index (χ3v) is 4.33. The lowest BCUT2D eigenvalue weighted by Crippen LogP contribution is -2.29. The van der Waals surface area contributed by atoms with Gasteiger partial charge in [-0.25, -0.2) is 0 Å². The molecule has 0 unspecified atom stereocenters. The number of rotatable bonds is 2. The van der Waals surface area contributed by atoms with Gasteiger partial charge in [-0.3, -0.25) is 14.9 Å². The first-order valence-electron chi connectivity index (χ1n) is 6.98. The lowest BCUT2D eigenvalue weighted by atomic mass is 9.86. The molecule has 0 radical (unpaired) electrons. The Bertz CT molecular complexity index is 610. The predicted molar refractivity (Wildman–Crippen MR) is 76.0 cm³/mol. The number of aromatic hydroxyl groups is 1. The van der Waals surface area contributed by atoms with Gasteiger partial charge in [0, 0.05) is 25.2 Å². The number of carbonyl (C=O) groups is 1. The van der Waals surface area contributed by atoms with Crippen molar-refractivity contribution >= 4 is 11.6 Å². The molecular weight excluding hydrogens is 272 g/mol. The molecule has 6 heteroatoms. The van der Waals surface area contributed by atoms with Crippen molar-refractivity contribution in [3.05, 3.63) is 46.0 Å². The summed E-state index contributed by atoms with van der Waals surface area (Å²) in [6, 6.07) is 3.55. The molecule has 3 rings (SSSR count). The Morgan fingerprint density at radius 2 is 1.86 bits per heavy atom. The summed E-state index contributed by atoms with van der Waals surface area (Å²) in [6.07, 6.45) is 6.21. The minimum Gasteiger partial charge on any atom is -0.507 e. The number of benzene rings is 1. The van der Waals surface area contributed by atoms with Crippen LogP contribution >= 0.6 is 0 Å². The van der Waals surface area contributed by atoms with Crippen LogP contribution < -0.4 is 0 Å². The van der Waals surface area contributed by atoms with Crippen molar-refractivity contribution in [1.82, 2.24) is 4.90 Å². The highest BCUT2D eigenvalue weighted by Crippen LogP contribution is 2.34. The van der Waals surface area contributed by atoms with Gasteiger partial charge >= 0.3 is 0 Å². The van der Waals surface area contributed by atoms with Crippen molar-refractivity contribution < 1.29 is 14.8 Å². The van der Waals surface area contributed by atoms with Crippen LogP contribution in [0.5, 0.6) is 5.75 Å². The number of phenolic OH excluding ortho intramolecular Hbond substituents is 1. The van der Waals surface area contributed by atoms with Gasteiger partial charge in [0.1, 0.15) is 5.75 Å². The molecule has 1 aliphatic carbocycles. The normalized spacial score (nSPS) is 23.9. The van der Waals surface area contributed by atoms with Gasteiger partial charge in [-0.05, 0) is 30.7 Å². The third kappa shape index (κ3) is 2.49. The average molecular weight is 288 g/mol. The maximum atomic E-state index is 12.5. The molecule has 1 aliphatic heterocycles. The minimum atomic E-state index is -0.566. The molecule has 1 N–H and O–H groups in total. The first-order valence-corrected chi connectivity index (χ1v) is 6.98. The van der Waals surface area contributed by atoms with Crippen LogP contribution in [0.3, 0.4) is 0 Å². The Balaban J connectivity index is 1.83. The molecule has 1 heterocycles. The van der Waals surface area contributed by atoms with Crippen LogP contribution in [0.15, 0.2) is 30.4 Å². The highest BCUT2D eigenvalue weighted by atomic mass is 16.6. The maximum Gasteiger partial charge on any atom is 0.270 e. The Kier molecular flexibility index (Phi) is 3.37. The van der Waals surface area contributed by atoms with E-state index in [2.05, 4.69) is 12.2 Å². The number of phenols is 1. The molecule has 21 heavy (non-hydrogen) atoms. The lowest BCUT2D eigenvalue weighted by Gasteiger charge is -2.17. The fourth-order valence-electron chi connectivity index (χ4n) is 3.16. The summed E-state index contributed by atoms with van der Waals surface area (Å²) in [4.78, 5) is 24.4. The number of hydrogen-bond donors (Lipinski definition) is 1. The van der Waals surface area contributed by atoms with E-state index in [4.69, 9.17) is 0 Å². The summed E-state index contributed by atoms with van der Waals surface area (Å²) in [5.41, 5.74) is -0.176. The van der Waals surface area contributed by atoms with Gasteiger partial charge in [-0.15, -0.1) is 0 Å². The van der Waals surface area contributed by atoms with Crippen molar-refractivity contribution in [1.29, 1.82) is 0 Å². The van der Waals surface area contributed by atoms with Gasteiger partial charge in [-0.2, -0.15) is 0 Å². The smallest absolute Gasteiger partial charge is 0.270 e. The summed E-state index contributed by atoms with van der Waals surface area (Å²) in [5, 5.41) is 20.6. The second-order valence-electron chi connectivity index (χ2n) is 5.63. The molecule has 2 atom stereocenters. The van der Waals surface area contributed by atoms with Crippen molar-refractivity contribution in [3.63, 3.8) is 0 Å². The molecule has 1 amide bonds. The number of non-ortho nitro benzene ring substituents is 1. The molecule has 2 aliphatic rings. The molecule has 6 nitrogen and oxygen atoms in total. The molecule has 1 aromatic rings. The highest BCUT2D eigenvalue weighted by Gasteiger charge is 2.36. The van der Waals surface area contributed by atoms with Crippen LogP contribution in [-0.4, -0.2) is 33.9 Å². The quantitative estimate of drug-likeness (QED) is 0.514. The highest BCUT2D eigenvalue weighted by molar-refractivity contribution is 5.97. The third-order valence-electron chi connectivity index (χ3n) is 4.33. The lowest BCUT2D eigenvalue weighted by molar-refractivity contribution is -0.384. The number of nitro groups is 1. The number of carbonyl (C=O) groups excluding carboxylic acids is 1. The van der Waals surface area contributed by atoms with Crippen LogP contribution in [0.2, 0.25) is 0 Å². The van der Waals surface area contributed by atoms with Crippen LogP contribution in [0.25, 0.3) is 0 Å². The standard InChI is InChI=1S/C15H16N2O4/c18-14-6-5-12(17(20)21)7-13(14)15(19)16-8-10-3-1-2-4-11(10)9-16/h1-2,5-7,10-11,18H,3-4,8-9H2/t10-,11-/m0/s1. The van der Waals surface area contributed by atoms with E-state index in [1.54, 1.807) is 4.90 Å². The SMILES string of the molecule is O=C(c1cc([N+](=O)[O-])ccc1O)N1C[C@@H]2CC=CC[C@H]2C1. The Hall–Kier alpha value is -2.37. The van der Waals surface area contributed by atoms with Crippen molar-refractivity contribution in [2.75, 3.05) is 13.1 Å². The van der Waals surface area contributed by atoms with Gasteiger partial charge in [0.2, 0.25) is 0 Å². The van der Waals surface area contributed by atoms with Crippen LogP contribution in [-0.2, 0) is 0 Å². The second kappa shape index (κ2) is 5.20. The summed E-state index contributed by atoms with van der Waals surface area (Å²) in [6.45, 7) is 1.30. The van der Waals surface area contributed by atoms with E-state index in [1.165, 1.54) is 12.1 Å². The molecule has 0 spiro atoms. The number of fused-ring (bicyclic) bond motifs is 1. The molecule has 1 fully saturated rings. The van der Waals surface area contributed by atoms with Gasteiger partial charge in [0.25, 0.3) is 11.6 Å². The fourth-order valence-corrected chi connectivity index (χ4v) is 3.16. The number of allylic oxidation sites excluding steroid dienone is 2. The summed E-state index contributed by atoms with van der Waals surface area (Å²) < 4.78 is 0. The first-order chi connectivity index (χ1) is 10.1. The van der Waals surface area contributed by atoms with Crippen molar-refractivity contribution in [2.45, 2.75) is 12.8 Å². The zero-order chi connectivity index (χ0) is 15.0. The fraction of sp³-hybridized carbons (Fsp3) is 0.400. The van der Waals surface area contributed by atoms with Gasteiger partial charge in [-0.1, -0.05) is 12.2 Å². The van der Waals surface area contributed by atoms with Crippen LogP contribution in [0.1, 0.15) is 23.2 Å². The topological polar surface area (TPSA) is 83.7 Å². The Morgan fingerprint density at radius 3 is 2.43 bits per heavy atom. The Morgan fingerprint density at radius 1 is 1.24 bits per heavy atom. The number of amides is 1. The zero-order valence-electron chi connectivity index (χ0n) is 11.4. The van der Waals surface area contributed by atoms with E-state index in [-0.39, 0.29) is 22.9 Å². The second-order valence-corrected chi connectivity index (χ2v) is 5.63. The molecule has 1 aromatic carbocycles. The summed E-state index contributed by atoms with van der Waals surface area (Å²) in [7, 11) is 0. The monoisotopic (exact) mass is 288 g/mol. The zero-order valence-corrected chi connectivity index (χ0v) is 11.4. The number of nitrogens with zero attached hydrogens (tertiary/aromatic N) is 2. The van der Waals surface area contributed by atoms with Crippen LogP contribution in [0, 0.1) is 22.0 Å². The van der Waals surface area contributed by atoms with Crippen molar-refractivity contribution in [2.24, 2.45) is 11.8 Å². The van der Waals surface area contributed by atoms with Gasteiger partial charge in [0.15, 0.2) is 0 Å². The molecular formula is C15H16N2O4. The molecule has 0 saturated carbocycles. The summed E-state index contributed by atoms with van der Waals surface area (Å²) in [5.74, 6) is 0.378. The number of likely N-dealkylation sites (tertiary alicyclic amines) is 1. The van der Waals surface area contributed by atoms with E-state index in [0.29, 0.717) is 24.9 Å². The van der Waals surface area contributed by atoms with E-state index in [9.17, 15) is 20.0 Å². The van der Waals surface area contributed by atoms with E-state index in [0.717, 1.165) is 18.9 Å². The number of nitro benzene ring substituents is 1. The maximum absolute atomic E-state index is 12.5. The van der Waals surface area contributed by atoms with E-state index in [1.807, 2.05) is 0 Å². The van der Waals surface area contributed by atoms with Crippen molar-refractivity contribution in [3.8, 4) is 5.75 Å². The molecule has 1 saturated heterocycles. The first kappa shape index (κ1) is 13.6. The van der Waals surface area contributed by atoms with Crippen LogP contribution in [0.4, 0.5) is 5.69 Å². The number of hydrogen-bond acceptors (Lipinski definition) is 4. The van der Waals surface area contributed by atoms with Gasteiger partial charge in [0.05, 0.1) is 10.5 Å². The molecule has 0 bridgehead atoms. The van der Waals surface area contributed by atoms with Gasteiger partial charge < -0.3 is 10.0 Å². The largest absolute Gasteiger partial charge is 0.507 e. The average Bonchev–Trinajstić information content (AvgIpc) is 2.90. The molecule has 110 valence electrons. The summed E-state index contributed by atoms with van der Waals surface area (Å²) >= 11 is 0. The van der Waals surface area contributed by atoms with E-state index >= 15 is 0 Å². The van der Waals surface area contributed by atoms with E-state index < -0.39 is 4.92 Å². The Labute approximate surface area is 121 Å².